The molecular formula is C12H15NO5. The second-order valence-corrected chi connectivity index (χ2v) is 4.10. The summed E-state index contributed by atoms with van der Waals surface area (Å²) in [4.78, 5) is 10.5. The van der Waals surface area contributed by atoms with Gasteiger partial charge in [-0.15, -0.1) is 0 Å². The number of ether oxygens (including phenoxy) is 2. The number of nitrogens with two attached hydrogens (primary N) is 1. The van der Waals surface area contributed by atoms with E-state index in [2.05, 4.69) is 0 Å². The van der Waals surface area contributed by atoms with Crippen LogP contribution in [0.25, 0.3) is 0 Å². The first-order valence-electron chi connectivity index (χ1n) is 5.68. The molecule has 0 amide bonds. The fraction of sp³-hybridized carbons (Fsp3) is 0.417. The van der Waals surface area contributed by atoms with Crippen molar-refractivity contribution in [3.63, 3.8) is 0 Å². The SMILES string of the molecule is NC(CCC(=O)O)c1cc(O)cc2c1OCCO2. The number of phenols is 1. The third-order valence-corrected chi connectivity index (χ3v) is 2.72. The molecule has 0 saturated carbocycles. The maximum Gasteiger partial charge on any atom is 0.303 e. The minimum absolute atomic E-state index is 0.0278. The molecule has 1 aliphatic heterocycles. The molecule has 0 saturated heterocycles. The van der Waals surface area contributed by atoms with Crippen molar-refractivity contribution in [3.05, 3.63) is 17.7 Å². The zero-order chi connectivity index (χ0) is 13.1. The number of hydrogen-bond donors (Lipinski definition) is 3. The number of carboxylic acids is 1. The number of hydrogen-bond acceptors (Lipinski definition) is 5. The van der Waals surface area contributed by atoms with Crippen LogP contribution in [-0.2, 0) is 4.79 Å². The van der Waals surface area contributed by atoms with E-state index in [-0.39, 0.29) is 18.6 Å². The van der Waals surface area contributed by atoms with Crippen molar-refractivity contribution in [2.75, 3.05) is 13.2 Å². The largest absolute Gasteiger partial charge is 0.508 e. The van der Waals surface area contributed by atoms with Crippen LogP contribution in [0.2, 0.25) is 0 Å². The predicted octanol–water partition coefficient (Wildman–Crippen LogP) is 1.03. The van der Waals surface area contributed by atoms with Crippen molar-refractivity contribution < 1.29 is 24.5 Å². The molecule has 1 aromatic carbocycles. The fourth-order valence-corrected chi connectivity index (χ4v) is 1.88. The Hall–Kier alpha value is -1.95. The van der Waals surface area contributed by atoms with Gasteiger partial charge >= 0.3 is 5.97 Å². The lowest BCUT2D eigenvalue weighted by atomic mass is 10.0. The standard InChI is InChI=1S/C12H15NO5/c13-9(1-2-11(15)16)8-5-7(14)6-10-12(8)18-4-3-17-10/h5-6,9,14H,1-4,13H2,(H,15,16). The van der Waals surface area contributed by atoms with Crippen LogP contribution in [0.1, 0.15) is 24.4 Å². The first-order valence-corrected chi connectivity index (χ1v) is 5.68. The molecule has 98 valence electrons. The summed E-state index contributed by atoms with van der Waals surface area (Å²) in [5.74, 6) is 0.0654. The summed E-state index contributed by atoms with van der Waals surface area (Å²) >= 11 is 0. The average Bonchev–Trinajstić information content (AvgIpc) is 2.34. The minimum atomic E-state index is -0.906. The van der Waals surface area contributed by atoms with Gasteiger partial charge in [-0.05, 0) is 12.5 Å². The molecule has 1 heterocycles. The average molecular weight is 253 g/mol. The van der Waals surface area contributed by atoms with Crippen LogP contribution < -0.4 is 15.2 Å². The van der Waals surface area contributed by atoms with Gasteiger partial charge in [0, 0.05) is 24.1 Å². The molecule has 1 atom stereocenters. The second kappa shape index (κ2) is 5.14. The summed E-state index contributed by atoms with van der Waals surface area (Å²) in [6, 6.07) is 2.44. The fourth-order valence-electron chi connectivity index (χ4n) is 1.88. The first-order chi connectivity index (χ1) is 8.58. The van der Waals surface area contributed by atoms with Crippen LogP contribution in [0, 0.1) is 0 Å². The monoisotopic (exact) mass is 253 g/mol. The molecule has 1 aliphatic rings. The van der Waals surface area contributed by atoms with Gasteiger partial charge < -0.3 is 25.4 Å². The van der Waals surface area contributed by atoms with Gasteiger partial charge in [-0.1, -0.05) is 0 Å². The number of carbonyl (C=O) groups is 1. The highest BCUT2D eigenvalue weighted by Gasteiger charge is 2.22. The van der Waals surface area contributed by atoms with Crippen LogP contribution in [0.3, 0.4) is 0 Å². The summed E-state index contributed by atoms with van der Waals surface area (Å²) in [6.07, 6.45) is 0.237. The van der Waals surface area contributed by atoms with Crippen LogP contribution in [-0.4, -0.2) is 29.4 Å². The predicted molar refractivity (Wildman–Crippen MR) is 62.9 cm³/mol. The van der Waals surface area contributed by atoms with E-state index in [4.69, 9.17) is 20.3 Å². The van der Waals surface area contributed by atoms with Gasteiger partial charge in [-0.25, -0.2) is 0 Å². The summed E-state index contributed by atoms with van der Waals surface area (Å²) in [6.45, 7) is 0.830. The molecule has 6 heteroatoms. The van der Waals surface area contributed by atoms with Gasteiger partial charge in [0.2, 0.25) is 0 Å². The number of aromatic hydroxyl groups is 1. The quantitative estimate of drug-likeness (QED) is 0.740. The highest BCUT2D eigenvalue weighted by Crippen LogP contribution is 2.40. The van der Waals surface area contributed by atoms with E-state index in [0.717, 1.165) is 0 Å². The zero-order valence-electron chi connectivity index (χ0n) is 9.76. The van der Waals surface area contributed by atoms with Gasteiger partial charge in [0.25, 0.3) is 0 Å². The first kappa shape index (κ1) is 12.5. The molecule has 1 aromatic rings. The Morgan fingerprint density at radius 3 is 2.83 bits per heavy atom. The normalized spacial score (nSPS) is 15.2. The number of fused-ring (bicyclic) bond motifs is 1. The Labute approximate surface area is 104 Å². The summed E-state index contributed by atoms with van der Waals surface area (Å²) in [5, 5.41) is 18.2. The van der Waals surface area contributed by atoms with E-state index in [1.54, 1.807) is 0 Å². The third kappa shape index (κ3) is 2.65. The van der Waals surface area contributed by atoms with E-state index < -0.39 is 12.0 Å². The Morgan fingerprint density at radius 1 is 1.39 bits per heavy atom. The van der Waals surface area contributed by atoms with E-state index in [0.29, 0.717) is 30.3 Å². The van der Waals surface area contributed by atoms with Crippen molar-refractivity contribution in [2.45, 2.75) is 18.9 Å². The van der Waals surface area contributed by atoms with E-state index >= 15 is 0 Å². The lowest BCUT2D eigenvalue weighted by Crippen LogP contribution is -2.20. The van der Waals surface area contributed by atoms with Crippen LogP contribution in [0.4, 0.5) is 0 Å². The maximum atomic E-state index is 10.5. The topological polar surface area (TPSA) is 102 Å². The molecule has 6 nitrogen and oxygen atoms in total. The Kier molecular flexibility index (Phi) is 3.57. The van der Waals surface area contributed by atoms with E-state index in [1.165, 1.54) is 12.1 Å². The van der Waals surface area contributed by atoms with Crippen molar-refractivity contribution in [1.29, 1.82) is 0 Å². The molecule has 4 N–H and O–H groups in total. The van der Waals surface area contributed by atoms with Crippen LogP contribution in [0.5, 0.6) is 17.2 Å². The molecule has 0 aromatic heterocycles. The Bertz CT molecular complexity index is 460. The molecule has 0 bridgehead atoms. The molecule has 0 spiro atoms. The van der Waals surface area contributed by atoms with Crippen molar-refractivity contribution >= 4 is 5.97 Å². The highest BCUT2D eigenvalue weighted by molar-refractivity contribution is 5.66. The molecular weight excluding hydrogens is 238 g/mol. The smallest absolute Gasteiger partial charge is 0.303 e. The van der Waals surface area contributed by atoms with Crippen LogP contribution >= 0.6 is 0 Å². The van der Waals surface area contributed by atoms with Crippen molar-refractivity contribution in [1.82, 2.24) is 0 Å². The number of rotatable bonds is 4. The summed E-state index contributed by atoms with van der Waals surface area (Å²) < 4.78 is 10.8. The molecule has 18 heavy (non-hydrogen) atoms. The minimum Gasteiger partial charge on any atom is -0.508 e. The van der Waals surface area contributed by atoms with Gasteiger partial charge in [-0.3, -0.25) is 4.79 Å². The number of phenolic OH excluding ortho intramolecular Hbond substituents is 1. The lowest BCUT2D eigenvalue weighted by molar-refractivity contribution is -0.137. The lowest BCUT2D eigenvalue weighted by Gasteiger charge is -2.23. The van der Waals surface area contributed by atoms with E-state index in [1.807, 2.05) is 0 Å². The zero-order valence-corrected chi connectivity index (χ0v) is 9.76. The molecule has 0 aliphatic carbocycles. The highest BCUT2D eigenvalue weighted by atomic mass is 16.6. The molecule has 0 fully saturated rings. The maximum absolute atomic E-state index is 10.5. The van der Waals surface area contributed by atoms with Gasteiger partial charge in [0.05, 0.1) is 0 Å². The van der Waals surface area contributed by atoms with Gasteiger partial charge in [0.15, 0.2) is 11.5 Å². The second-order valence-electron chi connectivity index (χ2n) is 4.10. The number of benzene rings is 1. The van der Waals surface area contributed by atoms with Gasteiger partial charge in [0.1, 0.15) is 19.0 Å². The summed E-state index contributed by atoms with van der Waals surface area (Å²) in [7, 11) is 0. The number of aliphatic carboxylic acids is 1. The van der Waals surface area contributed by atoms with Crippen molar-refractivity contribution in [2.24, 2.45) is 5.73 Å². The molecule has 1 unspecified atom stereocenters. The third-order valence-electron chi connectivity index (χ3n) is 2.72. The van der Waals surface area contributed by atoms with Gasteiger partial charge in [-0.2, -0.15) is 0 Å². The molecule has 2 rings (SSSR count). The van der Waals surface area contributed by atoms with Crippen LogP contribution in [0.15, 0.2) is 12.1 Å². The molecule has 0 radical (unpaired) electrons. The Balaban J connectivity index is 2.25. The van der Waals surface area contributed by atoms with E-state index in [9.17, 15) is 9.90 Å². The Morgan fingerprint density at radius 2 is 2.11 bits per heavy atom. The summed E-state index contributed by atoms with van der Waals surface area (Å²) in [5.41, 5.74) is 6.50. The number of carboxylic acid groups (broad SMARTS) is 1. The van der Waals surface area contributed by atoms with Crippen molar-refractivity contribution in [3.8, 4) is 17.2 Å².